The van der Waals surface area contributed by atoms with Crippen LogP contribution in [0.2, 0.25) is 0 Å². The fraction of sp³-hybridized carbons (Fsp3) is 0.333. The van der Waals surface area contributed by atoms with E-state index >= 15 is 0 Å². The zero-order valence-corrected chi connectivity index (χ0v) is 6.85. The Morgan fingerprint density at radius 3 is 3.09 bits per heavy atom. The summed E-state index contributed by atoms with van der Waals surface area (Å²) < 4.78 is 4.53. The summed E-state index contributed by atoms with van der Waals surface area (Å²) in [6.45, 7) is 1.90. The zero-order valence-electron chi connectivity index (χ0n) is 6.03. The van der Waals surface area contributed by atoms with Gasteiger partial charge in [-0.05, 0) is 5.75 Å². The normalized spacial score (nSPS) is 9.91. The van der Waals surface area contributed by atoms with Crippen LogP contribution in [-0.4, -0.2) is 16.0 Å². The average Bonchev–Trinajstić information content (AvgIpc) is 2.36. The molecule has 0 spiro atoms. The predicted molar refractivity (Wildman–Crippen MR) is 43.4 cm³/mol. The molecule has 11 heavy (non-hydrogen) atoms. The van der Waals surface area contributed by atoms with E-state index in [4.69, 9.17) is 5.73 Å². The zero-order chi connectivity index (χ0) is 8.27. The molecular formula is C6H8N2O2S. The Morgan fingerprint density at radius 1 is 1.91 bits per heavy atom. The minimum absolute atomic E-state index is 0.0914. The van der Waals surface area contributed by atoms with Crippen LogP contribution >= 0.6 is 11.8 Å². The first-order valence-corrected chi connectivity index (χ1v) is 4.11. The van der Waals surface area contributed by atoms with E-state index in [1.165, 1.54) is 18.0 Å². The molecule has 2 N–H and O–H groups in total. The second kappa shape index (κ2) is 3.43. The minimum Gasteiger partial charge on any atom is -0.367 e. The Labute approximate surface area is 68.1 Å². The molecule has 1 aromatic rings. The maximum absolute atomic E-state index is 11.1. The summed E-state index contributed by atoms with van der Waals surface area (Å²) in [5.41, 5.74) is 5.67. The molecule has 0 saturated heterocycles. The minimum atomic E-state index is -0.0914. The van der Waals surface area contributed by atoms with Crippen molar-refractivity contribution in [1.82, 2.24) is 5.16 Å². The summed E-state index contributed by atoms with van der Waals surface area (Å²) in [5, 5.41) is 3.30. The second-order valence-electron chi connectivity index (χ2n) is 1.82. The number of carbonyl (C=O) groups is 1. The first-order chi connectivity index (χ1) is 5.25. The Bertz CT molecular complexity index is 259. The van der Waals surface area contributed by atoms with Crippen molar-refractivity contribution in [1.29, 1.82) is 0 Å². The highest BCUT2D eigenvalue weighted by atomic mass is 32.2. The number of anilines is 1. The monoisotopic (exact) mass is 172 g/mol. The van der Waals surface area contributed by atoms with Crippen LogP contribution in [0.5, 0.6) is 0 Å². The fourth-order valence-corrected chi connectivity index (χ4v) is 1.18. The number of hydrogen-bond acceptors (Lipinski definition) is 5. The third-order valence-electron chi connectivity index (χ3n) is 1.09. The first-order valence-electron chi connectivity index (χ1n) is 3.13. The summed E-state index contributed by atoms with van der Waals surface area (Å²) in [6.07, 6.45) is 1.33. The topological polar surface area (TPSA) is 69.1 Å². The van der Waals surface area contributed by atoms with Gasteiger partial charge in [-0.2, -0.15) is 0 Å². The van der Waals surface area contributed by atoms with E-state index in [-0.39, 0.29) is 11.0 Å². The molecule has 0 fully saturated rings. The van der Waals surface area contributed by atoms with Gasteiger partial charge < -0.3 is 10.3 Å². The number of hydrogen-bond donors (Lipinski definition) is 1. The lowest BCUT2D eigenvalue weighted by atomic mass is 10.4. The lowest BCUT2D eigenvalue weighted by molar-refractivity contribution is 0.108. The quantitative estimate of drug-likeness (QED) is 0.724. The standard InChI is InChI=1S/C6H8N2O2S/c1-2-11-6(9)4-3-8-10-5(4)7/h3H,2,7H2,1H3. The van der Waals surface area contributed by atoms with Gasteiger partial charge in [0.2, 0.25) is 11.0 Å². The van der Waals surface area contributed by atoms with Gasteiger partial charge in [0.25, 0.3) is 0 Å². The van der Waals surface area contributed by atoms with Crippen molar-refractivity contribution in [2.45, 2.75) is 6.92 Å². The van der Waals surface area contributed by atoms with E-state index in [0.717, 1.165) is 5.75 Å². The number of nitrogens with two attached hydrogens (primary N) is 1. The lowest BCUT2D eigenvalue weighted by Crippen LogP contribution is -1.96. The third kappa shape index (κ3) is 1.74. The van der Waals surface area contributed by atoms with Crippen molar-refractivity contribution in [2.75, 3.05) is 11.5 Å². The largest absolute Gasteiger partial charge is 0.367 e. The number of nitrogens with zero attached hydrogens (tertiary/aromatic N) is 1. The number of nitrogen functional groups attached to an aromatic ring is 1. The molecule has 0 unspecified atom stereocenters. The molecule has 0 aliphatic heterocycles. The Morgan fingerprint density at radius 2 is 2.64 bits per heavy atom. The molecule has 0 radical (unpaired) electrons. The molecule has 0 atom stereocenters. The number of carbonyl (C=O) groups excluding carboxylic acids is 1. The highest BCUT2D eigenvalue weighted by molar-refractivity contribution is 8.14. The molecule has 0 saturated carbocycles. The van der Waals surface area contributed by atoms with Gasteiger partial charge in [-0.15, -0.1) is 0 Å². The van der Waals surface area contributed by atoms with E-state index in [2.05, 4.69) is 9.68 Å². The summed E-state index contributed by atoms with van der Waals surface area (Å²) >= 11 is 1.18. The van der Waals surface area contributed by atoms with E-state index in [9.17, 15) is 4.79 Å². The Kier molecular flexibility index (Phi) is 2.53. The van der Waals surface area contributed by atoms with Crippen LogP contribution in [0.4, 0.5) is 5.88 Å². The highest BCUT2D eigenvalue weighted by Gasteiger charge is 2.12. The molecular weight excluding hydrogens is 164 g/mol. The van der Waals surface area contributed by atoms with Crippen molar-refractivity contribution in [3.8, 4) is 0 Å². The second-order valence-corrected chi connectivity index (χ2v) is 3.06. The van der Waals surface area contributed by atoms with Crippen molar-refractivity contribution >= 4 is 22.8 Å². The van der Waals surface area contributed by atoms with Crippen LogP contribution in [0.1, 0.15) is 17.3 Å². The van der Waals surface area contributed by atoms with Gasteiger partial charge in [-0.3, -0.25) is 4.79 Å². The molecule has 1 heterocycles. The summed E-state index contributed by atoms with van der Waals surface area (Å²) in [6, 6.07) is 0. The highest BCUT2D eigenvalue weighted by Crippen LogP contribution is 2.17. The molecule has 0 aromatic carbocycles. The molecule has 0 amide bonds. The van der Waals surface area contributed by atoms with Gasteiger partial charge in [-0.1, -0.05) is 23.8 Å². The molecule has 4 nitrogen and oxygen atoms in total. The summed E-state index contributed by atoms with van der Waals surface area (Å²) in [5.74, 6) is 0.819. The fourth-order valence-electron chi connectivity index (χ4n) is 0.611. The van der Waals surface area contributed by atoms with E-state index in [0.29, 0.717) is 5.56 Å². The van der Waals surface area contributed by atoms with Gasteiger partial charge in [0.1, 0.15) is 5.56 Å². The summed E-state index contributed by atoms with van der Waals surface area (Å²) in [7, 11) is 0. The van der Waals surface area contributed by atoms with Crippen LogP contribution in [0.3, 0.4) is 0 Å². The smallest absolute Gasteiger partial charge is 0.233 e. The molecule has 1 aromatic heterocycles. The van der Waals surface area contributed by atoms with Gasteiger partial charge in [0.05, 0.1) is 6.20 Å². The van der Waals surface area contributed by atoms with Gasteiger partial charge in [0, 0.05) is 0 Å². The van der Waals surface area contributed by atoms with Crippen LogP contribution in [0.25, 0.3) is 0 Å². The van der Waals surface area contributed by atoms with Crippen LogP contribution in [0.15, 0.2) is 10.7 Å². The molecule has 5 heteroatoms. The van der Waals surface area contributed by atoms with Crippen LogP contribution in [-0.2, 0) is 0 Å². The molecule has 0 aliphatic carbocycles. The molecule has 60 valence electrons. The maximum Gasteiger partial charge on any atom is 0.233 e. The first kappa shape index (κ1) is 8.13. The van der Waals surface area contributed by atoms with Crippen molar-refractivity contribution < 1.29 is 9.32 Å². The summed E-state index contributed by atoms with van der Waals surface area (Å²) in [4.78, 5) is 11.1. The maximum atomic E-state index is 11.1. The van der Waals surface area contributed by atoms with Crippen molar-refractivity contribution in [3.63, 3.8) is 0 Å². The van der Waals surface area contributed by atoms with Gasteiger partial charge >= 0.3 is 0 Å². The van der Waals surface area contributed by atoms with Crippen molar-refractivity contribution in [3.05, 3.63) is 11.8 Å². The van der Waals surface area contributed by atoms with Gasteiger partial charge in [0.15, 0.2) is 0 Å². The average molecular weight is 172 g/mol. The van der Waals surface area contributed by atoms with E-state index in [1.807, 2.05) is 6.92 Å². The Hall–Kier alpha value is -0.970. The molecule has 0 aliphatic rings. The Balaban J connectivity index is 2.76. The number of thioether (sulfide) groups is 1. The van der Waals surface area contributed by atoms with Crippen molar-refractivity contribution in [2.24, 2.45) is 0 Å². The molecule has 1 rings (SSSR count). The molecule has 0 bridgehead atoms. The SMILES string of the molecule is CCSC(=O)c1cnoc1N. The number of rotatable bonds is 2. The lowest BCUT2D eigenvalue weighted by Gasteiger charge is -1.91. The number of aromatic nitrogens is 1. The van der Waals surface area contributed by atoms with Gasteiger partial charge in [-0.25, -0.2) is 0 Å². The van der Waals surface area contributed by atoms with Crippen LogP contribution < -0.4 is 5.73 Å². The van der Waals surface area contributed by atoms with Crippen LogP contribution in [0, 0.1) is 0 Å². The predicted octanol–water partition coefficient (Wildman–Crippen LogP) is 1.15. The van der Waals surface area contributed by atoms with E-state index < -0.39 is 0 Å². The van der Waals surface area contributed by atoms with E-state index in [1.54, 1.807) is 0 Å². The third-order valence-corrected chi connectivity index (χ3v) is 1.86.